The molecule has 1 saturated heterocycles. The monoisotopic (exact) mass is 324 g/mol. The molecule has 2 aliphatic heterocycles. The molecular formula is C14H25AsN4. The molecule has 3 rings (SSSR count). The summed E-state index contributed by atoms with van der Waals surface area (Å²) >= 11 is 1.67. The Labute approximate surface area is 124 Å². The Morgan fingerprint density at radius 3 is 2.68 bits per heavy atom. The molecular weight excluding hydrogens is 299 g/mol. The molecule has 0 aromatic heterocycles. The summed E-state index contributed by atoms with van der Waals surface area (Å²) in [6.45, 7) is 2.10. The Bertz CT molecular complexity index is 387. The van der Waals surface area contributed by atoms with Crippen molar-refractivity contribution < 1.29 is 0 Å². The van der Waals surface area contributed by atoms with Gasteiger partial charge in [0.2, 0.25) is 0 Å². The molecule has 0 bridgehead atoms. The van der Waals surface area contributed by atoms with E-state index in [4.69, 9.17) is 5.73 Å². The molecule has 106 valence electrons. The van der Waals surface area contributed by atoms with Gasteiger partial charge in [0.1, 0.15) is 0 Å². The number of nitrogens with two attached hydrogens (primary N) is 1. The summed E-state index contributed by atoms with van der Waals surface area (Å²) in [4.78, 5) is 2.43. The van der Waals surface area contributed by atoms with Crippen molar-refractivity contribution in [2.24, 2.45) is 5.73 Å². The molecule has 5 heteroatoms. The van der Waals surface area contributed by atoms with E-state index in [2.05, 4.69) is 27.6 Å². The quantitative estimate of drug-likeness (QED) is 0.726. The van der Waals surface area contributed by atoms with E-state index in [0.717, 1.165) is 19.5 Å². The van der Waals surface area contributed by atoms with Crippen LogP contribution in [0.3, 0.4) is 0 Å². The van der Waals surface area contributed by atoms with Gasteiger partial charge in [-0.05, 0) is 0 Å². The van der Waals surface area contributed by atoms with Crippen LogP contribution in [-0.4, -0.2) is 51.9 Å². The van der Waals surface area contributed by atoms with Gasteiger partial charge in [-0.2, -0.15) is 0 Å². The minimum atomic E-state index is 0.345. The predicted octanol–water partition coefficient (Wildman–Crippen LogP) is 0.488. The van der Waals surface area contributed by atoms with Crippen LogP contribution in [0.2, 0.25) is 0 Å². The van der Waals surface area contributed by atoms with Crippen molar-refractivity contribution in [1.29, 1.82) is 0 Å². The van der Waals surface area contributed by atoms with E-state index >= 15 is 0 Å². The van der Waals surface area contributed by atoms with Crippen LogP contribution in [0.4, 0.5) is 0 Å². The summed E-state index contributed by atoms with van der Waals surface area (Å²) < 4.78 is 1.30. The summed E-state index contributed by atoms with van der Waals surface area (Å²) in [5.41, 5.74) is 10.9. The molecule has 1 unspecified atom stereocenters. The maximum atomic E-state index is 6.03. The third-order valence-electron chi connectivity index (χ3n) is 4.39. The van der Waals surface area contributed by atoms with E-state index in [0.29, 0.717) is 12.1 Å². The number of nitrogens with zero attached hydrogens (tertiary/aromatic N) is 2. The summed E-state index contributed by atoms with van der Waals surface area (Å²) in [6.07, 6.45) is 12.5. The zero-order chi connectivity index (χ0) is 13.2. The average Bonchev–Trinajstić information content (AvgIpc) is 2.86. The predicted molar refractivity (Wildman–Crippen MR) is 80.7 cm³/mol. The molecule has 2 heterocycles. The van der Waals surface area contributed by atoms with Gasteiger partial charge in [0.15, 0.2) is 0 Å². The molecule has 3 aliphatic rings. The number of hydrogen-bond donors (Lipinski definition) is 2. The number of allylic oxidation sites excluding steroid dienone is 1. The van der Waals surface area contributed by atoms with E-state index in [1.165, 1.54) is 42.3 Å². The van der Waals surface area contributed by atoms with Crippen LogP contribution in [0.15, 0.2) is 22.5 Å². The van der Waals surface area contributed by atoms with Crippen molar-refractivity contribution >= 4 is 16.9 Å². The van der Waals surface area contributed by atoms with Crippen LogP contribution in [0.25, 0.3) is 0 Å². The summed E-state index contributed by atoms with van der Waals surface area (Å²) in [7, 11) is 0. The van der Waals surface area contributed by atoms with Crippen molar-refractivity contribution in [3.05, 3.63) is 22.5 Å². The van der Waals surface area contributed by atoms with E-state index in [1.807, 2.05) is 0 Å². The van der Waals surface area contributed by atoms with Crippen LogP contribution in [0.5, 0.6) is 0 Å². The topological polar surface area (TPSA) is 44.5 Å². The SMILES string of the molecule is N[C@@H]1CCN(C2=CN(C3CCCCC3)NC([AsH2])=C2)C1. The Morgan fingerprint density at radius 1 is 1.21 bits per heavy atom. The van der Waals surface area contributed by atoms with Crippen LogP contribution < -0.4 is 11.2 Å². The fourth-order valence-corrected chi connectivity index (χ4v) is 3.97. The van der Waals surface area contributed by atoms with Gasteiger partial charge in [-0.15, -0.1) is 0 Å². The first-order valence-corrected chi connectivity index (χ1v) is 8.68. The molecule has 19 heavy (non-hydrogen) atoms. The molecule has 4 nitrogen and oxygen atoms in total. The maximum absolute atomic E-state index is 6.03. The molecule has 1 aliphatic carbocycles. The van der Waals surface area contributed by atoms with Gasteiger partial charge in [-0.1, -0.05) is 0 Å². The van der Waals surface area contributed by atoms with Gasteiger partial charge in [-0.3, -0.25) is 0 Å². The van der Waals surface area contributed by atoms with E-state index in [-0.39, 0.29) is 0 Å². The summed E-state index contributed by atoms with van der Waals surface area (Å²) in [6, 6.07) is 1.01. The molecule has 0 radical (unpaired) electrons. The van der Waals surface area contributed by atoms with Crippen molar-refractivity contribution in [3.8, 4) is 0 Å². The molecule has 0 aromatic carbocycles. The van der Waals surface area contributed by atoms with Gasteiger partial charge >= 0.3 is 124 Å². The number of nitrogens with one attached hydrogen (secondary N) is 1. The Kier molecular flexibility index (Phi) is 4.09. The first kappa shape index (κ1) is 13.4. The number of hydrazine groups is 1. The number of rotatable bonds is 2. The first-order valence-electron chi connectivity index (χ1n) is 7.47. The van der Waals surface area contributed by atoms with E-state index in [1.54, 1.807) is 16.9 Å². The zero-order valence-corrected chi connectivity index (χ0v) is 13.9. The van der Waals surface area contributed by atoms with Crippen LogP contribution in [0, 0.1) is 0 Å². The minimum absolute atomic E-state index is 0.345. The molecule has 2 atom stereocenters. The first-order chi connectivity index (χ1) is 9.22. The molecule has 3 N–H and O–H groups in total. The van der Waals surface area contributed by atoms with Crippen molar-refractivity contribution in [2.75, 3.05) is 13.1 Å². The van der Waals surface area contributed by atoms with Gasteiger partial charge < -0.3 is 0 Å². The number of hydrogen-bond acceptors (Lipinski definition) is 4. The average molecular weight is 324 g/mol. The molecule has 0 aromatic rings. The second-order valence-corrected chi connectivity index (χ2v) is 7.26. The summed E-state index contributed by atoms with van der Waals surface area (Å²) in [5, 5.41) is 2.36. The molecule has 1 saturated carbocycles. The van der Waals surface area contributed by atoms with E-state index < -0.39 is 0 Å². The van der Waals surface area contributed by atoms with Crippen molar-refractivity contribution in [2.45, 2.75) is 50.6 Å². The second kappa shape index (κ2) is 5.80. The van der Waals surface area contributed by atoms with Gasteiger partial charge in [-0.25, -0.2) is 0 Å². The molecule has 0 spiro atoms. The third kappa shape index (κ3) is 3.11. The Hall–Kier alpha value is -0.602. The zero-order valence-electron chi connectivity index (χ0n) is 11.5. The van der Waals surface area contributed by atoms with E-state index in [9.17, 15) is 0 Å². The fraction of sp³-hybridized carbons (Fsp3) is 0.714. The van der Waals surface area contributed by atoms with Crippen molar-refractivity contribution in [1.82, 2.24) is 15.3 Å². The van der Waals surface area contributed by atoms with Gasteiger partial charge in [0.05, 0.1) is 0 Å². The molecule has 0 amide bonds. The fourth-order valence-electron chi connectivity index (χ4n) is 3.30. The van der Waals surface area contributed by atoms with Crippen LogP contribution in [0.1, 0.15) is 38.5 Å². The Balaban J connectivity index is 1.72. The second-order valence-electron chi connectivity index (χ2n) is 5.96. The Morgan fingerprint density at radius 2 is 2.00 bits per heavy atom. The van der Waals surface area contributed by atoms with Gasteiger partial charge in [0.25, 0.3) is 0 Å². The third-order valence-corrected chi connectivity index (χ3v) is 5.01. The van der Waals surface area contributed by atoms with Gasteiger partial charge in [0, 0.05) is 0 Å². The van der Waals surface area contributed by atoms with Crippen LogP contribution in [-0.2, 0) is 0 Å². The van der Waals surface area contributed by atoms with Crippen LogP contribution >= 0.6 is 0 Å². The van der Waals surface area contributed by atoms with Crippen molar-refractivity contribution in [3.63, 3.8) is 0 Å². The summed E-state index contributed by atoms with van der Waals surface area (Å²) in [5.74, 6) is 0. The number of likely N-dealkylation sites (tertiary alicyclic amines) is 1. The molecule has 2 fully saturated rings. The normalized spacial score (nSPS) is 29.1. The standard InChI is InChI=1S/C14H25AsN4/c15-14-8-13(18-7-6-11(16)9-18)10-19(17-14)12-4-2-1-3-5-12/h8,10-12,17H,1-7,9,15-16H2/t11-/m1/s1.